The summed E-state index contributed by atoms with van der Waals surface area (Å²) in [4.78, 5) is 29.9. The van der Waals surface area contributed by atoms with Crippen molar-refractivity contribution in [1.82, 2.24) is 34.9 Å². The van der Waals surface area contributed by atoms with Gasteiger partial charge in [0.15, 0.2) is 23.3 Å². The second-order valence-electron chi connectivity index (χ2n) is 10.8. The minimum absolute atomic E-state index is 0. The molecule has 0 saturated heterocycles. The minimum atomic E-state index is -1.30. The third kappa shape index (κ3) is 4.47. The van der Waals surface area contributed by atoms with Crippen LogP contribution in [-0.4, -0.2) is 24.9 Å². The first-order valence-electron chi connectivity index (χ1n) is 13.9. The van der Waals surface area contributed by atoms with E-state index in [0.717, 1.165) is 54.6 Å². The Bertz CT molecular complexity index is 2430. The van der Waals surface area contributed by atoms with Crippen molar-refractivity contribution in [2.75, 3.05) is 0 Å². The second-order valence-corrected chi connectivity index (χ2v) is 10.8. The van der Waals surface area contributed by atoms with Gasteiger partial charge in [-0.1, -0.05) is 0 Å². The molecule has 0 spiro atoms. The van der Waals surface area contributed by atoms with Crippen molar-refractivity contribution in [2.45, 2.75) is 0 Å². The zero-order chi connectivity index (χ0) is 33.2. The van der Waals surface area contributed by atoms with Crippen molar-refractivity contribution in [3.05, 3.63) is 101 Å². The molecule has 9 rings (SSSR count). The van der Waals surface area contributed by atoms with E-state index in [1.165, 1.54) is 0 Å². The number of aromatic nitrogens is 7. The smallest absolute Gasteiger partial charge is 0.435 e. The molecule has 2 aliphatic rings. The fourth-order valence-electron chi connectivity index (χ4n) is 5.91. The van der Waals surface area contributed by atoms with Crippen molar-refractivity contribution < 1.29 is 54.6 Å². The molecule has 5 heterocycles. The summed E-state index contributed by atoms with van der Waals surface area (Å²) >= 11 is 0. The molecular weight excluding hydrogens is 712 g/mol. The third-order valence-electron chi connectivity index (χ3n) is 8.04. The van der Waals surface area contributed by atoms with E-state index in [0.29, 0.717) is 0 Å². The molecule has 0 fully saturated rings. The number of fused-ring (bicyclic) bond motifs is 20. The van der Waals surface area contributed by atoms with E-state index in [4.69, 9.17) is 0 Å². The van der Waals surface area contributed by atoms with Crippen LogP contribution in [0.4, 0.5) is 35.1 Å². The third-order valence-corrected chi connectivity index (χ3v) is 8.04. The summed E-state index contributed by atoms with van der Waals surface area (Å²) in [7, 11) is 0. The van der Waals surface area contributed by atoms with Crippen LogP contribution in [0.2, 0.25) is 0 Å². The van der Waals surface area contributed by atoms with Gasteiger partial charge in [0.1, 0.15) is 23.3 Å². The molecule has 0 saturated carbocycles. The van der Waals surface area contributed by atoms with Crippen LogP contribution < -0.4 is 9.97 Å². The van der Waals surface area contributed by atoms with Gasteiger partial charge in [-0.3, -0.25) is 0 Å². The van der Waals surface area contributed by atoms with Gasteiger partial charge in [0, 0.05) is 22.4 Å². The fraction of sp³-hybridized carbons (Fsp3) is 0. The van der Waals surface area contributed by atoms with E-state index in [2.05, 4.69) is 34.9 Å². The fourth-order valence-corrected chi connectivity index (χ4v) is 5.91. The predicted molar refractivity (Wildman–Crippen MR) is 156 cm³/mol. The van der Waals surface area contributed by atoms with Crippen LogP contribution in [0.5, 0.6) is 0 Å². The summed E-state index contributed by atoms with van der Waals surface area (Å²) in [6.07, 6.45) is 0. The molecule has 0 N–H and O–H groups in total. The Morgan fingerprint density at radius 3 is 1.22 bits per heavy atom. The Balaban J connectivity index is 0.00000348. The molecule has 0 atom stereocenters. The molecule has 49 heavy (non-hydrogen) atoms. The number of nitrogens with zero attached hydrogens (tertiary/aromatic N) is 7. The van der Waals surface area contributed by atoms with Crippen molar-refractivity contribution in [3.8, 4) is 45.4 Å². The zero-order valence-corrected chi connectivity index (χ0v) is 27.0. The summed E-state index contributed by atoms with van der Waals surface area (Å²) in [6, 6.07) is 7.56. The Morgan fingerprint density at radius 2 is 0.735 bits per heavy atom. The summed E-state index contributed by atoms with van der Waals surface area (Å²) in [5.41, 5.74) is -3.09. The molecule has 3 aromatic heterocycles. The monoisotopic (exact) mass is 719 g/mol. The second kappa shape index (κ2) is 10.7. The van der Waals surface area contributed by atoms with Crippen molar-refractivity contribution in [3.63, 3.8) is 0 Å². The molecule has 0 radical (unpaired) electrons. The first kappa shape index (κ1) is 30.7. The van der Waals surface area contributed by atoms with Gasteiger partial charge in [-0.25, -0.2) is 45.1 Å². The molecule has 7 aromatic rings. The first-order valence-corrected chi connectivity index (χ1v) is 13.9. The van der Waals surface area contributed by atoms with Gasteiger partial charge in [0.05, 0.1) is 34.3 Å². The molecule has 0 aliphatic carbocycles. The topological polar surface area (TPSA) is 92.7 Å². The van der Waals surface area contributed by atoms with Crippen LogP contribution in [0.25, 0.3) is 89.4 Å². The first-order chi connectivity index (χ1) is 23.0. The van der Waals surface area contributed by atoms with Gasteiger partial charge in [-0.05, 0) is 87.3 Å². The standard InChI is InChI=1S/C33H9F8N7.Zn/c34-14-1-2-15(35)25-24(14)23-9-22-10-5-18(38)19(39)6-11(10)28(42-22)45-32-26-16(36)3-4-17(37)27(26)33(48-32)47-30-13-8-21(41)20(40)7-12(13)29(44-30)46-31(25)43-23;/h1-9H;/q-2;+2. The van der Waals surface area contributed by atoms with Crippen molar-refractivity contribution >= 4 is 44.0 Å². The average Bonchev–Trinajstić information content (AvgIpc) is 3.77. The van der Waals surface area contributed by atoms with E-state index in [1.54, 1.807) is 0 Å². The van der Waals surface area contributed by atoms with Gasteiger partial charge in [0.25, 0.3) is 0 Å². The van der Waals surface area contributed by atoms with Crippen LogP contribution >= 0.6 is 0 Å². The Kier molecular flexibility index (Phi) is 6.70. The normalized spacial score (nSPS) is 11.9. The number of rotatable bonds is 0. The Morgan fingerprint density at radius 1 is 0.367 bits per heavy atom. The maximum absolute atomic E-state index is 15.3. The van der Waals surface area contributed by atoms with E-state index < -0.39 is 80.7 Å². The molecule has 4 aromatic carbocycles. The van der Waals surface area contributed by atoms with Crippen molar-refractivity contribution in [2.24, 2.45) is 0 Å². The summed E-state index contributed by atoms with van der Waals surface area (Å²) in [5, 5.41) is -0.397. The maximum Gasteiger partial charge on any atom is 2.00 e. The maximum atomic E-state index is 15.3. The van der Waals surface area contributed by atoms with Gasteiger partial charge in [-0.15, -0.1) is 0 Å². The average molecular weight is 721 g/mol. The molecule has 0 unspecified atom stereocenters. The molecule has 234 valence electrons. The van der Waals surface area contributed by atoms with Crippen LogP contribution in [-0.2, 0) is 19.5 Å². The summed E-state index contributed by atoms with van der Waals surface area (Å²) in [5.74, 6) is -10.3. The Labute approximate surface area is 279 Å². The van der Waals surface area contributed by atoms with Crippen molar-refractivity contribution in [1.29, 1.82) is 0 Å². The number of hydrogen-bond acceptors (Lipinski definition) is 5. The Hall–Kier alpha value is -5.63. The largest absolute Gasteiger partial charge is 2.00 e. The minimum Gasteiger partial charge on any atom is -0.435 e. The van der Waals surface area contributed by atoms with Crippen LogP contribution in [0.1, 0.15) is 0 Å². The summed E-state index contributed by atoms with van der Waals surface area (Å²) in [6.45, 7) is 0. The molecule has 16 heteroatoms. The quantitative estimate of drug-likeness (QED) is 0.116. The van der Waals surface area contributed by atoms with Gasteiger partial charge < -0.3 is 24.9 Å². The van der Waals surface area contributed by atoms with Gasteiger partial charge in [0.2, 0.25) is 0 Å². The van der Waals surface area contributed by atoms with Crippen LogP contribution in [0.3, 0.4) is 0 Å². The van der Waals surface area contributed by atoms with Gasteiger partial charge in [-0.2, -0.15) is 0 Å². The molecular formula is C33H9F8N7Zn. The SMILES string of the molecule is Fc1cc2c3cc4nc(nc5[n-]c(nc6nc(nc([n-]3)c2cc1F)-c1c(F)ccc(F)c1-6)c1cc(F)c(F)cc51)-c1c(F)ccc(F)c1-4.[Zn+2]. The number of benzene rings is 4. The van der Waals surface area contributed by atoms with Crippen LogP contribution in [0.15, 0.2) is 54.6 Å². The number of hydrogen-bond donors (Lipinski definition) is 0. The molecule has 7 nitrogen and oxygen atoms in total. The number of halogens is 8. The zero-order valence-electron chi connectivity index (χ0n) is 24.1. The van der Waals surface area contributed by atoms with E-state index >= 15 is 17.6 Å². The predicted octanol–water partition coefficient (Wildman–Crippen LogP) is 7.84. The van der Waals surface area contributed by atoms with E-state index in [1.807, 2.05) is 0 Å². The molecule has 0 amide bonds. The molecule has 2 aliphatic heterocycles. The van der Waals surface area contributed by atoms with Crippen LogP contribution in [0, 0.1) is 46.5 Å². The summed E-state index contributed by atoms with van der Waals surface area (Å²) < 4.78 is 119. The van der Waals surface area contributed by atoms with Gasteiger partial charge >= 0.3 is 19.5 Å². The van der Waals surface area contributed by atoms with E-state index in [-0.39, 0.29) is 74.7 Å². The van der Waals surface area contributed by atoms with E-state index in [9.17, 15) is 17.6 Å². The molecule has 8 bridgehead atoms.